The van der Waals surface area contributed by atoms with Gasteiger partial charge in [-0.1, -0.05) is 0 Å². The van der Waals surface area contributed by atoms with Crippen LogP contribution in [-0.4, -0.2) is 19.7 Å². The van der Waals surface area contributed by atoms with Crippen LogP contribution in [0.4, 0.5) is 5.69 Å². The molecule has 9 heteroatoms. The van der Waals surface area contributed by atoms with Crippen LogP contribution in [0.2, 0.25) is 0 Å². The van der Waals surface area contributed by atoms with E-state index in [0.717, 1.165) is 11.8 Å². The first-order chi connectivity index (χ1) is 9.02. The molecule has 0 saturated heterocycles. The van der Waals surface area contributed by atoms with Crippen molar-refractivity contribution < 1.29 is 4.92 Å². The Balaban J connectivity index is 2.38. The van der Waals surface area contributed by atoms with Crippen LogP contribution in [0.1, 0.15) is 5.56 Å². The average molecular weight is 277 g/mol. The first-order valence-corrected chi connectivity index (χ1v) is 5.82. The van der Waals surface area contributed by atoms with E-state index in [1.165, 1.54) is 22.8 Å². The second-order valence-electron chi connectivity index (χ2n) is 3.52. The molecule has 19 heavy (non-hydrogen) atoms. The number of hydrogen-bond acceptors (Lipinski definition) is 6. The maximum atomic E-state index is 11.2. The van der Waals surface area contributed by atoms with Gasteiger partial charge in [-0.2, -0.15) is 5.26 Å². The van der Waals surface area contributed by atoms with Gasteiger partial charge in [0.2, 0.25) is 0 Å². The number of nitrogens with one attached hydrogen (secondary N) is 1. The van der Waals surface area contributed by atoms with Crippen LogP contribution in [-0.2, 0) is 7.05 Å². The predicted octanol–water partition coefficient (Wildman–Crippen LogP) is 1.04. The lowest BCUT2D eigenvalue weighted by Gasteiger charge is -2.01. The van der Waals surface area contributed by atoms with Gasteiger partial charge in [-0.05, 0) is 23.9 Å². The third-order valence-electron chi connectivity index (χ3n) is 2.33. The molecule has 2 aromatic rings. The molecule has 1 heterocycles. The van der Waals surface area contributed by atoms with Crippen molar-refractivity contribution in [3.63, 3.8) is 0 Å². The van der Waals surface area contributed by atoms with Crippen molar-refractivity contribution in [1.82, 2.24) is 14.8 Å². The van der Waals surface area contributed by atoms with E-state index in [-0.39, 0.29) is 16.9 Å². The van der Waals surface area contributed by atoms with E-state index in [4.69, 9.17) is 5.26 Å². The molecular formula is C10H7N5O3S. The molecule has 1 N–H and O–H groups in total. The molecule has 0 aliphatic rings. The number of nitriles is 1. The minimum atomic E-state index is -0.614. The van der Waals surface area contributed by atoms with E-state index < -0.39 is 4.92 Å². The van der Waals surface area contributed by atoms with Crippen molar-refractivity contribution in [1.29, 1.82) is 5.26 Å². The second kappa shape index (κ2) is 4.95. The maximum Gasteiger partial charge on any atom is 0.343 e. The van der Waals surface area contributed by atoms with Gasteiger partial charge in [-0.15, -0.1) is 5.10 Å². The number of aromatic amines is 1. The van der Waals surface area contributed by atoms with Crippen LogP contribution in [0, 0.1) is 21.4 Å². The molecule has 0 fully saturated rings. The van der Waals surface area contributed by atoms with Crippen molar-refractivity contribution in [3.8, 4) is 6.07 Å². The average Bonchev–Trinajstić information content (AvgIpc) is 2.70. The Kier molecular flexibility index (Phi) is 3.35. The number of nitro groups is 1. The van der Waals surface area contributed by atoms with Gasteiger partial charge < -0.3 is 0 Å². The predicted molar refractivity (Wildman–Crippen MR) is 65.8 cm³/mol. The summed E-state index contributed by atoms with van der Waals surface area (Å²) in [7, 11) is 1.55. The number of H-pyrrole nitrogens is 1. The molecule has 0 radical (unpaired) electrons. The summed E-state index contributed by atoms with van der Waals surface area (Å²) in [5.41, 5.74) is -0.636. The lowest BCUT2D eigenvalue weighted by atomic mass is 10.2. The summed E-state index contributed by atoms with van der Waals surface area (Å²) in [5.74, 6) is 0. The molecule has 0 aliphatic carbocycles. The first kappa shape index (κ1) is 12.8. The Bertz CT molecular complexity index is 742. The third-order valence-corrected chi connectivity index (χ3v) is 3.37. The number of nitro benzene ring substituents is 1. The molecule has 0 saturated carbocycles. The molecule has 8 nitrogen and oxygen atoms in total. The number of nitrogens with zero attached hydrogens (tertiary/aromatic N) is 4. The van der Waals surface area contributed by atoms with Gasteiger partial charge in [0.1, 0.15) is 11.6 Å². The van der Waals surface area contributed by atoms with Crippen LogP contribution in [0.5, 0.6) is 0 Å². The van der Waals surface area contributed by atoms with Crippen LogP contribution in [0.25, 0.3) is 0 Å². The summed E-state index contributed by atoms with van der Waals surface area (Å²) in [6.07, 6.45) is 0. The minimum Gasteiger partial charge on any atom is -0.273 e. The SMILES string of the molecule is Cn1c(Sc2ccc([N+](=O)[O-])c(C#N)c2)n[nH]c1=O. The van der Waals surface area contributed by atoms with E-state index in [0.29, 0.717) is 10.1 Å². The number of aromatic nitrogens is 3. The number of benzene rings is 1. The van der Waals surface area contributed by atoms with Crippen LogP contribution < -0.4 is 5.69 Å². The second-order valence-corrected chi connectivity index (χ2v) is 4.56. The van der Waals surface area contributed by atoms with Gasteiger partial charge in [-0.3, -0.25) is 14.7 Å². The maximum absolute atomic E-state index is 11.2. The molecular weight excluding hydrogens is 270 g/mol. The molecule has 96 valence electrons. The van der Waals surface area contributed by atoms with Crippen molar-refractivity contribution >= 4 is 17.4 Å². The zero-order valence-electron chi connectivity index (χ0n) is 9.65. The Morgan fingerprint density at radius 2 is 2.32 bits per heavy atom. The molecule has 0 aliphatic heterocycles. The Morgan fingerprint density at radius 1 is 1.58 bits per heavy atom. The van der Waals surface area contributed by atoms with Gasteiger partial charge in [0.05, 0.1) is 4.92 Å². The highest BCUT2D eigenvalue weighted by atomic mass is 32.2. The van der Waals surface area contributed by atoms with E-state index in [9.17, 15) is 14.9 Å². The monoisotopic (exact) mass is 277 g/mol. The first-order valence-electron chi connectivity index (χ1n) is 5.00. The van der Waals surface area contributed by atoms with Gasteiger partial charge in [0.25, 0.3) is 5.69 Å². The van der Waals surface area contributed by atoms with Crippen LogP contribution >= 0.6 is 11.8 Å². The summed E-state index contributed by atoms with van der Waals surface area (Å²) in [4.78, 5) is 21.9. The molecule has 0 unspecified atom stereocenters. The fraction of sp³-hybridized carbons (Fsp3) is 0.100. The summed E-state index contributed by atoms with van der Waals surface area (Å²) >= 11 is 1.13. The van der Waals surface area contributed by atoms with Gasteiger partial charge in [0.15, 0.2) is 5.16 Å². The van der Waals surface area contributed by atoms with Crippen molar-refractivity contribution in [2.24, 2.45) is 7.05 Å². The number of hydrogen-bond donors (Lipinski definition) is 1. The molecule has 2 rings (SSSR count). The molecule has 0 spiro atoms. The van der Waals surface area contributed by atoms with Gasteiger partial charge in [-0.25, -0.2) is 9.89 Å². The topological polar surface area (TPSA) is 118 Å². The zero-order chi connectivity index (χ0) is 14.0. The molecule has 1 aromatic carbocycles. The highest BCUT2D eigenvalue weighted by Crippen LogP contribution is 2.29. The number of rotatable bonds is 3. The zero-order valence-corrected chi connectivity index (χ0v) is 10.5. The van der Waals surface area contributed by atoms with Crippen molar-refractivity contribution in [2.75, 3.05) is 0 Å². The molecule has 0 amide bonds. The normalized spacial score (nSPS) is 10.1. The van der Waals surface area contributed by atoms with E-state index in [1.807, 2.05) is 0 Å². The van der Waals surface area contributed by atoms with Crippen LogP contribution in [0.3, 0.4) is 0 Å². The van der Waals surface area contributed by atoms with Gasteiger partial charge in [0, 0.05) is 18.0 Å². The lowest BCUT2D eigenvalue weighted by Crippen LogP contribution is -2.12. The Morgan fingerprint density at radius 3 is 2.84 bits per heavy atom. The standard InChI is InChI=1S/C10H7N5O3S/c1-14-9(16)12-13-10(14)19-7-2-3-8(15(17)18)6(4-7)5-11/h2-4H,1H3,(H,12,16). The van der Waals surface area contributed by atoms with Gasteiger partial charge >= 0.3 is 5.69 Å². The lowest BCUT2D eigenvalue weighted by molar-refractivity contribution is -0.385. The molecule has 1 aromatic heterocycles. The van der Waals surface area contributed by atoms with Crippen molar-refractivity contribution in [3.05, 3.63) is 44.4 Å². The summed E-state index contributed by atoms with van der Waals surface area (Å²) in [6, 6.07) is 5.92. The molecule has 0 atom stereocenters. The van der Waals surface area contributed by atoms with E-state index in [2.05, 4.69) is 10.2 Å². The molecule has 0 bridgehead atoms. The largest absolute Gasteiger partial charge is 0.343 e. The van der Waals surface area contributed by atoms with E-state index >= 15 is 0 Å². The minimum absolute atomic E-state index is 0.0319. The third kappa shape index (κ3) is 2.48. The smallest absolute Gasteiger partial charge is 0.273 e. The highest BCUT2D eigenvalue weighted by molar-refractivity contribution is 7.99. The van der Waals surface area contributed by atoms with Crippen LogP contribution in [0.15, 0.2) is 33.0 Å². The fourth-order valence-electron chi connectivity index (χ4n) is 1.36. The summed E-state index contributed by atoms with van der Waals surface area (Å²) in [6.45, 7) is 0. The quantitative estimate of drug-likeness (QED) is 0.661. The van der Waals surface area contributed by atoms with Crippen molar-refractivity contribution in [2.45, 2.75) is 10.1 Å². The fourth-order valence-corrected chi connectivity index (χ4v) is 2.19. The Labute approximate surface area is 110 Å². The summed E-state index contributed by atoms with van der Waals surface area (Å²) in [5, 5.41) is 26.0. The summed E-state index contributed by atoms with van der Waals surface area (Å²) < 4.78 is 1.30. The highest BCUT2D eigenvalue weighted by Gasteiger charge is 2.15. The van der Waals surface area contributed by atoms with E-state index in [1.54, 1.807) is 13.1 Å². The Hall–Kier alpha value is -2.60.